The second kappa shape index (κ2) is 4.36. The molecule has 0 saturated carbocycles. The molecule has 0 fully saturated rings. The van der Waals surface area contributed by atoms with E-state index < -0.39 is 12.1 Å². The van der Waals surface area contributed by atoms with Crippen LogP contribution in [0.4, 0.5) is 14.7 Å². The van der Waals surface area contributed by atoms with E-state index in [0.717, 1.165) is 0 Å². The third kappa shape index (κ3) is 2.74. The molecular formula is C6H6F2N3W-. The van der Waals surface area contributed by atoms with Crippen LogP contribution in [0.2, 0.25) is 0 Å². The van der Waals surface area contributed by atoms with Crippen molar-refractivity contribution in [3.05, 3.63) is 23.9 Å². The van der Waals surface area contributed by atoms with Crippen molar-refractivity contribution < 1.29 is 29.8 Å². The van der Waals surface area contributed by atoms with Crippen molar-refractivity contribution in [2.45, 2.75) is 6.92 Å². The fourth-order valence-corrected chi connectivity index (χ4v) is 0.688. The van der Waals surface area contributed by atoms with Crippen LogP contribution in [0.25, 0.3) is 0 Å². The van der Waals surface area contributed by atoms with Gasteiger partial charge in [-0.2, -0.15) is 6.07 Å². The molecule has 1 aromatic heterocycles. The summed E-state index contributed by atoms with van der Waals surface area (Å²) >= 11 is 0. The van der Waals surface area contributed by atoms with Gasteiger partial charge in [0.25, 0.3) is 0 Å². The second-order valence-corrected chi connectivity index (χ2v) is 2.01. The number of hydrogen-bond donors (Lipinski definition) is 1. The molecule has 0 aliphatic heterocycles. The van der Waals surface area contributed by atoms with Gasteiger partial charge in [-0.25, -0.2) is 9.97 Å². The Morgan fingerprint density at radius 1 is 1.42 bits per heavy atom. The maximum Gasteiger partial charge on any atom is 0.216 e. The Kier molecular flexibility index (Phi) is 4.10. The van der Waals surface area contributed by atoms with Gasteiger partial charge in [0.05, 0.1) is 0 Å². The normalized spacial score (nSPS) is 8.92. The summed E-state index contributed by atoms with van der Waals surface area (Å²) in [4.78, 5) is 6.95. The average molecular weight is 342 g/mol. The van der Waals surface area contributed by atoms with Gasteiger partial charge in [-0.15, -0.1) is 0 Å². The Morgan fingerprint density at radius 3 is 2.42 bits per heavy atom. The minimum absolute atomic E-state index is 0. The number of anilines is 1. The zero-order valence-electron chi connectivity index (χ0n) is 6.21. The van der Waals surface area contributed by atoms with Gasteiger partial charge in [0.15, 0.2) is 0 Å². The van der Waals surface area contributed by atoms with Crippen molar-refractivity contribution in [2.24, 2.45) is 0 Å². The summed E-state index contributed by atoms with van der Waals surface area (Å²) in [6.07, 6.45) is -1.85. The van der Waals surface area contributed by atoms with E-state index in [0.29, 0.717) is 5.69 Å². The molecule has 12 heavy (non-hydrogen) atoms. The van der Waals surface area contributed by atoms with Crippen molar-refractivity contribution in [1.29, 1.82) is 0 Å². The Morgan fingerprint density at radius 2 is 2.00 bits per heavy atom. The zero-order chi connectivity index (χ0) is 8.43. The number of halogens is 2. The van der Waals surface area contributed by atoms with Crippen molar-refractivity contribution in [3.8, 4) is 0 Å². The number of aryl methyl sites for hydroxylation is 1. The third-order valence-electron chi connectivity index (χ3n) is 1.07. The molecule has 0 aromatic carbocycles. The molecule has 0 unspecified atom stereocenters. The van der Waals surface area contributed by atoms with Gasteiger partial charge in [0.2, 0.25) is 5.95 Å². The van der Waals surface area contributed by atoms with Crippen LogP contribution < -0.4 is 5.73 Å². The molecule has 0 atom stereocenters. The minimum Gasteiger partial charge on any atom is -0.368 e. The van der Waals surface area contributed by atoms with E-state index in [9.17, 15) is 8.78 Å². The standard InChI is InChI=1S/C6H6F2N3.W/c1-3-2-4(5(7)8)11-6(9)10-3;/h2H,1H3,(H2,9,10,11);/q-1;. The molecule has 6 heteroatoms. The van der Waals surface area contributed by atoms with Gasteiger partial charge in [-0.05, 0) is 18.3 Å². The topological polar surface area (TPSA) is 51.8 Å². The minimum atomic E-state index is -1.85. The zero-order valence-corrected chi connectivity index (χ0v) is 9.15. The summed E-state index contributed by atoms with van der Waals surface area (Å²) in [6, 6.07) is 1.17. The van der Waals surface area contributed by atoms with Crippen LogP contribution >= 0.6 is 0 Å². The summed E-state index contributed by atoms with van der Waals surface area (Å²) in [5, 5.41) is 0. The van der Waals surface area contributed by atoms with Crippen LogP contribution in [0.5, 0.6) is 0 Å². The first-order chi connectivity index (χ1) is 5.09. The monoisotopic (exact) mass is 342 g/mol. The molecule has 1 rings (SSSR count). The van der Waals surface area contributed by atoms with Gasteiger partial charge in [-0.3, -0.25) is 8.78 Å². The molecular weight excluding hydrogens is 336 g/mol. The number of hydrogen-bond acceptors (Lipinski definition) is 3. The van der Waals surface area contributed by atoms with Gasteiger partial charge in [0, 0.05) is 21.1 Å². The average Bonchev–Trinajstić information content (AvgIpc) is 1.85. The van der Waals surface area contributed by atoms with Crippen LogP contribution in [0.3, 0.4) is 0 Å². The Bertz CT molecular complexity index is 247. The van der Waals surface area contributed by atoms with E-state index in [-0.39, 0.29) is 27.0 Å². The van der Waals surface area contributed by atoms with Gasteiger partial charge < -0.3 is 5.73 Å². The van der Waals surface area contributed by atoms with E-state index in [4.69, 9.17) is 5.73 Å². The SMILES string of the molecule is Cc1cc([C-](F)F)nc(N)n1.[W]. The van der Waals surface area contributed by atoms with Crippen molar-refractivity contribution in [3.63, 3.8) is 0 Å². The molecule has 0 amide bonds. The second-order valence-electron chi connectivity index (χ2n) is 2.01. The molecule has 0 spiro atoms. The summed E-state index contributed by atoms with van der Waals surface area (Å²) in [6.45, 7) is 1.57. The van der Waals surface area contributed by atoms with E-state index >= 15 is 0 Å². The van der Waals surface area contributed by atoms with Crippen LogP contribution in [0.1, 0.15) is 11.4 Å². The predicted molar refractivity (Wildman–Crippen MR) is 35.7 cm³/mol. The Labute approximate surface area is 82.7 Å². The molecule has 0 aliphatic carbocycles. The van der Waals surface area contributed by atoms with Crippen molar-refractivity contribution in [1.82, 2.24) is 9.97 Å². The fraction of sp³-hybridized carbons (Fsp3) is 0.167. The summed E-state index contributed by atoms with van der Waals surface area (Å²) < 4.78 is 23.8. The number of rotatable bonds is 1. The predicted octanol–water partition coefficient (Wildman–Crippen LogP) is 1.14. The van der Waals surface area contributed by atoms with Crippen molar-refractivity contribution in [2.75, 3.05) is 5.73 Å². The molecule has 0 aliphatic rings. The molecule has 1 heterocycles. The molecule has 0 saturated heterocycles. The van der Waals surface area contributed by atoms with Gasteiger partial charge >= 0.3 is 0 Å². The van der Waals surface area contributed by atoms with Crippen LogP contribution in [-0.2, 0) is 21.1 Å². The Balaban J connectivity index is 0.00000121. The number of aromatic nitrogens is 2. The first kappa shape index (κ1) is 11.3. The van der Waals surface area contributed by atoms with Crippen LogP contribution in [-0.4, -0.2) is 9.97 Å². The fourth-order valence-electron chi connectivity index (χ4n) is 0.688. The summed E-state index contributed by atoms with van der Waals surface area (Å²) in [7, 11) is 0. The van der Waals surface area contributed by atoms with E-state index in [1.54, 1.807) is 6.92 Å². The maximum atomic E-state index is 11.9. The molecule has 3 nitrogen and oxygen atoms in total. The van der Waals surface area contributed by atoms with Crippen LogP contribution in [0.15, 0.2) is 6.07 Å². The molecule has 0 bridgehead atoms. The molecule has 2 N–H and O–H groups in total. The summed E-state index contributed by atoms with van der Waals surface area (Å²) in [5.41, 5.74) is 5.15. The van der Waals surface area contributed by atoms with Gasteiger partial charge in [0.1, 0.15) is 6.43 Å². The first-order valence-electron chi connectivity index (χ1n) is 2.89. The van der Waals surface area contributed by atoms with Gasteiger partial charge in [-0.1, -0.05) is 0 Å². The molecule has 1 aromatic rings. The Hall–Kier alpha value is -0.702. The molecule has 0 radical (unpaired) electrons. The first-order valence-corrected chi connectivity index (χ1v) is 2.89. The number of nitrogens with two attached hydrogens (primary N) is 1. The number of nitrogens with zero attached hydrogens (tertiary/aromatic N) is 2. The maximum absolute atomic E-state index is 11.9. The van der Waals surface area contributed by atoms with E-state index in [2.05, 4.69) is 9.97 Å². The van der Waals surface area contributed by atoms with E-state index in [1.807, 2.05) is 0 Å². The smallest absolute Gasteiger partial charge is 0.216 e. The van der Waals surface area contributed by atoms with Crippen LogP contribution in [0, 0.1) is 13.3 Å². The largest absolute Gasteiger partial charge is 0.368 e. The van der Waals surface area contributed by atoms with E-state index in [1.165, 1.54) is 6.07 Å². The quantitative estimate of drug-likeness (QED) is 0.779. The number of nitrogen functional groups attached to an aromatic ring is 1. The molecule has 66 valence electrons. The van der Waals surface area contributed by atoms with Crippen molar-refractivity contribution >= 4 is 5.95 Å². The third-order valence-corrected chi connectivity index (χ3v) is 1.07. The summed E-state index contributed by atoms with van der Waals surface area (Å²) in [5.74, 6) is -0.132.